The predicted molar refractivity (Wildman–Crippen MR) is 55.7 cm³/mol. The number of aliphatic hydroxyl groups is 1. The van der Waals surface area contributed by atoms with Crippen LogP contribution in [0.15, 0.2) is 18.2 Å². The van der Waals surface area contributed by atoms with Crippen LogP contribution in [-0.2, 0) is 4.79 Å². The van der Waals surface area contributed by atoms with Gasteiger partial charge in [0.15, 0.2) is 0 Å². The Kier molecular flexibility index (Phi) is 2.64. The van der Waals surface area contributed by atoms with Gasteiger partial charge in [-0.25, -0.2) is 4.39 Å². The maximum atomic E-state index is 12.9. The lowest BCUT2D eigenvalue weighted by Gasteiger charge is -2.18. The molecule has 1 aliphatic rings. The minimum Gasteiger partial charge on any atom is -0.481 e. The summed E-state index contributed by atoms with van der Waals surface area (Å²) in [6.07, 6.45) is -0.278. The zero-order valence-corrected chi connectivity index (χ0v) is 9.04. The van der Waals surface area contributed by atoms with E-state index in [0.717, 1.165) is 6.07 Å². The first kappa shape index (κ1) is 11.4. The van der Waals surface area contributed by atoms with Gasteiger partial charge in [0.05, 0.1) is 16.5 Å². The zero-order chi connectivity index (χ0) is 11.9. The largest absolute Gasteiger partial charge is 0.481 e. The topological polar surface area (TPSA) is 57.5 Å². The first-order valence-corrected chi connectivity index (χ1v) is 5.21. The van der Waals surface area contributed by atoms with Crippen LogP contribution in [-0.4, -0.2) is 16.2 Å². The van der Waals surface area contributed by atoms with Gasteiger partial charge < -0.3 is 10.2 Å². The van der Waals surface area contributed by atoms with Crippen LogP contribution in [0.1, 0.15) is 24.5 Å². The Balaban J connectivity index is 2.31. The van der Waals surface area contributed by atoms with E-state index in [9.17, 15) is 14.3 Å². The fourth-order valence-electron chi connectivity index (χ4n) is 1.74. The summed E-state index contributed by atoms with van der Waals surface area (Å²) in [7, 11) is 0. The van der Waals surface area contributed by atoms with Gasteiger partial charge in [-0.1, -0.05) is 17.7 Å². The molecule has 16 heavy (non-hydrogen) atoms. The van der Waals surface area contributed by atoms with Gasteiger partial charge in [0.1, 0.15) is 5.82 Å². The smallest absolute Gasteiger partial charge is 0.312 e. The Morgan fingerprint density at radius 3 is 2.56 bits per heavy atom. The van der Waals surface area contributed by atoms with Crippen LogP contribution >= 0.6 is 11.6 Å². The summed E-state index contributed by atoms with van der Waals surface area (Å²) in [6, 6.07) is 3.75. The van der Waals surface area contributed by atoms with E-state index in [-0.39, 0.29) is 5.02 Å². The van der Waals surface area contributed by atoms with Crippen molar-refractivity contribution >= 4 is 17.6 Å². The molecule has 1 atom stereocenters. The molecule has 1 fully saturated rings. The van der Waals surface area contributed by atoms with Crippen LogP contribution in [0.3, 0.4) is 0 Å². The Morgan fingerprint density at radius 1 is 1.50 bits per heavy atom. The van der Waals surface area contributed by atoms with Crippen molar-refractivity contribution in [2.24, 2.45) is 5.41 Å². The molecule has 5 heteroatoms. The van der Waals surface area contributed by atoms with Crippen molar-refractivity contribution in [3.8, 4) is 0 Å². The van der Waals surface area contributed by atoms with E-state index in [1.807, 2.05) is 0 Å². The number of carboxylic acid groups (broad SMARTS) is 1. The van der Waals surface area contributed by atoms with Crippen LogP contribution in [0, 0.1) is 11.2 Å². The Hall–Kier alpha value is -1.13. The molecule has 0 radical (unpaired) electrons. The van der Waals surface area contributed by atoms with Gasteiger partial charge in [0, 0.05) is 0 Å². The van der Waals surface area contributed by atoms with Gasteiger partial charge in [-0.3, -0.25) is 4.79 Å². The minimum absolute atomic E-state index is 0.113. The highest BCUT2D eigenvalue weighted by molar-refractivity contribution is 6.30. The van der Waals surface area contributed by atoms with Gasteiger partial charge in [0.2, 0.25) is 0 Å². The number of aliphatic hydroxyl groups excluding tert-OH is 1. The lowest BCUT2D eigenvalue weighted by molar-refractivity contribution is -0.148. The van der Waals surface area contributed by atoms with Crippen LogP contribution in [0.5, 0.6) is 0 Å². The normalized spacial score (nSPS) is 19.2. The number of carboxylic acids is 1. The monoisotopic (exact) mass is 244 g/mol. The molecule has 0 saturated heterocycles. The molecule has 1 saturated carbocycles. The molecule has 0 aliphatic heterocycles. The summed E-state index contributed by atoms with van der Waals surface area (Å²) in [5.41, 5.74) is -0.771. The lowest BCUT2D eigenvalue weighted by Crippen LogP contribution is -2.23. The van der Waals surface area contributed by atoms with Crippen molar-refractivity contribution < 1.29 is 19.4 Å². The highest BCUT2D eigenvalue weighted by Crippen LogP contribution is 2.55. The Bertz CT molecular complexity index is 443. The van der Waals surface area contributed by atoms with Crippen LogP contribution < -0.4 is 0 Å². The average molecular weight is 245 g/mol. The van der Waals surface area contributed by atoms with Crippen molar-refractivity contribution in [2.75, 3.05) is 0 Å². The number of halogens is 2. The summed E-state index contributed by atoms with van der Waals surface area (Å²) in [5, 5.41) is 18.8. The molecule has 2 rings (SSSR count). The maximum absolute atomic E-state index is 12.9. The van der Waals surface area contributed by atoms with E-state index in [1.54, 1.807) is 0 Å². The van der Waals surface area contributed by atoms with E-state index in [0.29, 0.717) is 18.4 Å². The summed E-state index contributed by atoms with van der Waals surface area (Å²) < 4.78 is 12.9. The molecule has 1 aromatic carbocycles. The van der Waals surface area contributed by atoms with E-state index < -0.39 is 23.3 Å². The third kappa shape index (κ3) is 1.68. The van der Waals surface area contributed by atoms with Gasteiger partial charge >= 0.3 is 5.97 Å². The maximum Gasteiger partial charge on any atom is 0.312 e. The quantitative estimate of drug-likeness (QED) is 0.858. The first-order chi connectivity index (χ1) is 7.47. The molecule has 1 unspecified atom stereocenters. The van der Waals surface area contributed by atoms with Crippen LogP contribution in [0.2, 0.25) is 5.02 Å². The molecule has 0 bridgehead atoms. The third-order valence-electron chi connectivity index (χ3n) is 3.00. The van der Waals surface area contributed by atoms with Crippen LogP contribution in [0.25, 0.3) is 0 Å². The number of hydrogen-bond donors (Lipinski definition) is 2. The molecule has 2 N–H and O–H groups in total. The minimum atomic E-state index is -1.14. The number of carbonyl (C=O) groups is 1. The van der Waals surface area contributed by atoms with E-state index in [2.05, 4.69) is 0 Å². The number of rotatable bonds is 3. The van der Waals surface area contributed by atoms with Crippen molar-refractivity contribution in [3.63, 3.8) is 0 Å². The molecule has 0 spiro atoms. The predicted octanol–water partition coefficient (Wildman–Crippen LogP) is 2.38. The Labute approximate surface area is 96.5 Å². The fourth-order valence-corrected chi connectivity index (χ4v) is 1.93. The second-order valence-electron chi connectivity index (χ2n) is 4.04. The SMILES string of the molecule is O=C(O)C1(C(O)c2ccc(F)c(Cl)c2)CC1. The number of hydrogen-bond acceptors (Lipinski definition) is 2. The summed E-state index contributed by atoms with van der Waals surface area (Å²) in [6.45, 7) is 0. The lowest BCUT2D eigenvalue weighted by atomic mass is 9.93. The molecule has 1 aliphatic carbocycles. The van der Waals surface area contributed by atoms with Crippen molar-refractivity contribution in [2.45, 2.75) is 18.9 Å². The fraction of sp³-hybridized carbons (Fsp3) is 0.364. The summed E-state index contributed by atoms with van der Waals surface area (Å²) in [5.74, 6) is -1.61. The van der Waals surface area contributed by atoms with Gasteiger partial charge in [0.25, 0.3) is 0 Å². The van der Waals surface area contributed by atoms with Crippen molar-refractivity contribution in [3.05, 3.63) is 34.6 Å². The number of benzene rings is 1. The Morgan fingerprint density at radius 2 is 2.12 bits per heavy atom. The van der Waals surface area contributed by atoms with Crippen molar-refractivity contribution in [1.29, 1.82) is 0 Å². The number of aliphatic carboxylic acids is 1. The van der Waals surface area contributed by atoms with Crippen LogP contribution in [0.4, 0.5) is 4.39 Å². The zero-order valence-electron chi connectivity index (χ0n) is 8.28. The molecule has 0 heterocycles. The molecular weight excluding hydrogens is 235 g/mol. The second-order valence-corrected chi connectivity index (χ2v) is 4.44. The average Bonchev–Trinajstić information content (AvgIpc) is 3.02. The molecule has 0 aromatic heterocycles. The summed E-state index contributed by atoms with van der Waals surface area (Å²) >= 11 is 5.57. The van der Waals surface area contributed by atoms with E-state index in [4.69, 9.17) is 16.7 Å². The van der Waals surface area contributed by atoms with Gasteiger partial charge in [-0.05, 0) is 30.5 Å². The first-order valence-electron chi connectivity index (χ1n) is 4.84. The van der Waals surface area contributed by atoms with E-state index in [1.165, 1.54) is 12.1 Å². The molecule has 86 valence electrons. The highest BCUT2D eigenvalue weighted by atomic mass is 35.5. The molecule has 3 nitrogen and oxygen atoms in total. The molecular formula is C11H10ClFO3. The molecule has 0 amide bonds. The highest BCUT2D eigenvalue weighted by Gasteiger charge is 2.56. The third-order valence-corrected chi connectivity index (χ3v) is 3.29. The summed E-state index contributed by atoms with van der Waals surface area (Å²) in [4.78, 5) is 11.0. The van der Waals surface area contributed by atoms with E-state index >= 15 is 0 Å². The molecule has 1 aromatic rings. The standard InChI is InChI=1S/C11H10ClFO3/c12-7-5-6(1-2-8(7)13)9(14)11(3-4-11)10(15)16/h1-2,5,9,14H,3-4H2,(H,15,16). The second kappa shape index (κ2) is 3.71. The van der Waals surface area contributed by atoms with Gasteiger partial charge in [-0.15, -0.1) is 0 Å². The van der Waals surface area contributed by atoms with Crippen molar-refractivity contribution in [1.82, 2.24) is 0 Å². The van der Waals surface area contributed by atoms with Gasteiger partial charge in [-0.2, -0.15) is 0 Å².